The first-order valence-corrected chi connectivity index (χ1v) is 11.1. The molecule has 1 aromatic heterocycles. The van der Waals surface area contributed by atoms with E-state index in [4.69, 9.17) is 11.6 Å². The molecule has 1 aliphatic heterocycles. The molecule has 2 heterocycles. The van der Waals surface area contributed by atoms with Gasteiger partial charge in [-0.3, -0.25) is 9.59 Å². The van der Waals surface area contributed by atoms with E-state index in [1.807, 2.05) is 7.05 Å². The Bertz CT molecular complexity index is 1020. The van der Waals surface area contributed by atoms with Gasteiger partial charge in [-0.25, -0.2) is 9.78 Å². The number of nitrogens with zero attached hydrogens (tertiary/aromatic N) is 5. The van der Waals surface area contributed by atoms with Gasteiger partial charge < -0.3 is 20.4 Å². The van der Waals surface area contributed by atoms with Crippen molar-refractivity contribution in [2.24, 2.45) is 10.2 Å². The number of halogens is 1. The number of carbonyl (C=O) groups excluding carboxylic acids is 3. The van der Waals surface area contributed by atoms with Gasteiger partial charge >= 0.3 is 6.03 Å². The van der Waals surface area contributed by atoms with Crippen molar-refractivity contribution in [3.05, 3.63) is 44.9 Å². The van der Waals surface area contributed by atoms with Crippen LogP contribution in [0.1, 0.15) is 20.4 Å². The Morgan fingerprint density at radius 1 is 1.28 bits per heavy atom. The van der Waals surface area contributed by atoms with Crippen LogP contribution in [0.4, 0.5) is 10.5 Å². The molecule has 4 amide bonds. The summed E-state index contributed by atoms with van der Waals surface area (Å²) in [5, 5.41) is 13.4. The van der Waals surface area contributed by atoms with E-state index in [9.17, 15) is 14.4 Å². The first kappa shape index (κ1) is 23.8. The first-order chi connectivity index (χ1) is 15.2. The molecule has 1 aromatic carbocycles. The molecule has 32 heavy (non-hydrogen) atoms. The minimum absolute atomic E-state index is 0.144. The Morgan fingerprint density at radius 2 is 2.00 bits per heavy atom. The largest absolute Gasteiger partial charge is 0.359 e. The highest BCUT2D eigenvalue weighted by Gasteiger charge is 2.27. The van der Waals surface area contributed by atoms with E-state index in [0.29, 0.717) is 15.7 Å². The molecule has 2 N–H and O–H groups in total. The fourth-order valence-corrected chi connectivity index (χ4v) is 4.20. The minimum atomic E-state index is -0.976. The molecule has 1 aliphatic rings. The Balaban J connectivity index is 1.62. The van der Waals surface area contributed by atoms with Crippen LogP contribution < -0.4 is 10.6 Å². The van der Waals surface area contributed by atoms with Gasteiger partial charge in [0.1, 0.15) is 6.04 Å². The van der Waals surface area contributed by atoms with Crippen molar-refractivity contribution >= 4 is 46.5 Å². The van der Waals surface area contributed by atoms with Gasteiger partial charge in [0.05, 0.1) is 11.4 Å². The van der Waals surface area contributed by atoms with Crippen LogP contribution >= 0.6 is 22.9 Å². The van der Waals surface area contributed by atoms with Crippen molar-refractivity contribution in [1.82, 2.24) is 25.4 Å². The summed E-state index contributed by atoms with van der Waals surface area (Å²) >= 11 is 7.13. The van der Waals surface area contributed by atoms with Crippen LogP contribution in [0.5, 0.6) is 0 Å². The SMILES string of the molecule is CN1CCc2nc(C(=O)NC(CNC(=O)/N=N/c3ccc(Cl)cc3)C(=O)N(C)C)sc2C1. The molecule has 3 rings (SSSR count). The number of aromatic nitrogens is 1. The number of fused-ring (bicyclic) bond motifs is 1. The average molecular weight is 478 g/mol. The molecule has 0 aliphatic carbocycles. The van der Waals surface area contributed by atoms with Crippen LogP contribution in [0.25, 0.3) is 0 Å². The number of hydrogen-bond donors (Lipinski definition) is 2. The fourth-order valence-electron chi connectivity index (χ4n) is 2.99. The molecule has 0 saturated carbocycles. The van der Waals surface area contributed by atoms with Crippen molar-refractivity contribution in [2.75, 3.05) is 34.2 Å². The highest BCUT2D eigenvalue weighted by atomic mass is 35.5. The molecule has 170 valence electrons. The predicted octanol–water partition coefficient (Wildman–Crippen LogP) is 2.46. The molecule has 0 radical (unpaired) electrons. The van der Waals surface area contributed by atoms with E-state index in [2.05, 4.69) is 30.7 Å². The number of benzene rings is 1. The van der Waals surface area contributed by atoms with E-state index in [1.165, 1.54) is 16.2 Å². The normalized spacial score (nSPS) is 14.6. The van der Waals surface area contributed by atoms with Gasteiger partial charge in [0, 0.05) is 50.1 Å². The van der Waals surface area contributed by atoms with Crippen LogP contribution in [-0.2, 0) is 17.8 Å². The second-order valence-corrected chi connectivity index (χ2v) is 9.02. The topological polar surface area (TPSA) is 119 Å². The monoisotopic (exact) mass is 477 g/mol. The summed E-state index contributed by atoms with van der Waals surface area (Å²) in [4.78, 5) is 46.3. The molecule has 0 fully saturated rings. The summed E-state index contributed by atoms with van der Waals surface area (Å²) in [6.45, 7) is 1.49. The zero-order valence-electron chi connectivity index (χ0n) is 18.0. The third-order valence-corrected chi connectivity index (χ3v) is 6.03. The van der Waals surface area contributed by atoms with Gasteiger partial charge in [-0.05, 0) is 31.3 Å². The standard InChI is InChI=1S/C20H24ClN7O3S/c1-27(2)19(30)15(10-22-20(31)26-25-13-6-4-12(21)5-7-13)23-17(29)18-24-14-8-9-28(3)11-16(14)32-18/h4-7,15H,8-11H2,1-3H3,(H,22,31)(H,23,29)/b26-25+. The maximum atomic E-state index is 12.8. The van der Waals surface area contributed by atoms with Crippen molar-refractivity contribution in [1.29, 1.82) is 0 Å². The van der Waals surface area contributed by atoms with Crippen molar-refractivity contribution in [2.45, 2.75) is 19.0 Å². The fraction of sp³-hybridized carbons (Fsp3) is 0.400. The predicted molar refractivity (Wildman–Crippen MR) is 121 cm³/mol. The molecule has 1 unspecified atom stereocenters. The second kappa shape index (κ2) is 10.6. The number of azo groups is 1. The molecule has 10 nitrogen and oxygen atoms in total. The van der Waals surface area contributed by atoms with E-state index in [-0.39, 0.29) is 12.5 Å². The number of hydrogen-bond acceptors (Lipinski definition) is 7. The van der Waals surface area contributed by atoms with Crippen LogP contribution in [0, 0.1) is 0 Å². The number of carbonyl (C=O) groups is 3. The third kappa shape index (κ3) is 6.31. The van der Waals surface area contributed by atoms with Crippen LogP contribution in [0.2, 0.25) is 5.02 Å². The Morgan fingerprint density at radius 3 is 2.69 bits per heavy atom. The summed E-state index contributed by atoms with van der Waals surface area (Å²) in [5.41, 5.74) is 1.38. The molecule has 0 bridgehead atoms. The molecule has 0 saturated heterocycles. The maximum Gasteiger partial charge on any atom is 0.359 e. The lowest BCUT2D eigenvalue weighted by molar-refractivity contribution is -0.130. The van der Waals surface area contributed by atoms with Gasteiger partial charge in [0.25, 0.3) is 5.91 Å². The smallest absolute Gasteiger partial charge is 0.347 e. The summed E-state index contributed by atoms with van der Waals surface area (Å²) in [6, 6.07) is 4.77. The van der Waals surface area contributed by atoms with Gasteiger partial charge in [-0.1, -0.05) is 16.7 Å². The Hall–Kier alpha value is -2.89. The maximum absolute atomic E-state index is 12.8. The van der Waals surface area contributed by atoms with Gasteiger partial charge in [0.2, 0.25) is 5.91 Å². The number of nitrogens with one attached hydrogen (secondary N) is 2. The average Bonchev–Trinajstić information content (AvgIpc) is 3.18. The van der Waals surface area contributed by atoms with E-state index < -0.39 is 18.0 Å². The second-order valence-electron chi connectivity index (χ2n) is 7.50. The van der Waals surface area contributed by atoms with Crippen molar-refractivity contribution in [3.8, 4) is 0 Å². The number of urea groups is 1. The first-order valence-electron chi connectivity index (χ1n) is 9.87. The van der Waals surface area contributed by atoms with Crippen molar-refractivity contribution in [3.63, 3.8) is 0 Å². The number of rotatable bonds is 6. The number of likely N-dealkylation sites (N-methyl/N-ethyl adjacent to an activating group) is 2. The summed E-state index contributed by atoms with van der Waals surface area (Å²) in [7, 11) is 5.16. The Labute approximate surface area is 194 Å². The van der Waals surface area contributed by atoms with Gasteiger partial charge in [0.15, 0.2) is 5.01 Å². The van der Waals surface area contributed by atoms with E-state index in [1.54, 1.807) is 38.4 Å². The van der Waals surface area contributed by atoms with E-state index >= 15 is 0 Å². The molecular weight excluding hydrogens is 454 g/mol. The molecule has 2 aromatic rings. The zero-order valence-corrected chi connectivity index (χ0v) is 19.5. The number of thiazole rings is 1. The highest BCUT2D eigenvalue weighted by molar-refractivity contribution is 7.13. The zero-order chi connectivity index (χ0) is 23.3. The quantitative estimate of drug-likeness (QED) is 0.619. The van der Waals surface area contributed by atoms with Gasteiger partial charge in [-0.2, -0.15) is 0 Å². The summed E-state index contributed by atoms with van der Waals surface area (Å²) in [6.07, 6.45) is 0.782. The summed E-state index contributed by atoms with van der Waals surface area (Å²) in [5.74, 6) is -0.821. The highest BCUT2D eigenvalue weighted by Crippen LogP contribution is 2.24. The Kier molecular flexibility index (Phi) is 7.89. The third-order valence-electron chi connectivity index (χ3n) is 4.70. The molecule has 12 heteroatoms. The van der Waals surface area contributed by atoms with Crippen LogP contribution in [-0.4, -0.2) is 72.9 Å². The number of amides is 4. The lowest BCUT2D eigenvalue weighted by Gasteiger charge is -2.21. The van der Waals surface area contributed by atoms with E-state index in [0.717, 1.165) is 30.1 Å². The lowest BCUT2D eigenvalue weighted by atomic mass is 10.2. The molecular formula is C20H24ClN7O3S. The van der Waals surface area contributed by atoms with Gasteiger partial charge in [-0.15, -0.1) is 16.5 Å². The molecule has 0 spiro atoms. The summed E-state index contributed by atoms with van der Waals surface area (Å²) < 4.78 is 0. The lowest BCUT2D eigenvalue weighted by Crippen LogP contribution is -2.52. The minimum Gasteiger partial charge on any atom is -0.347 e. The van der Waals surface area contributed by atoms with Crippen molar-refractivity contribution < 1.29 is 14.4 Å². The molecule has 1 atom stereocenters. The van der Waals surface area contributed by atoms with Crippen LogP contribution in [0.15, 0.2) is 34.5 Å². The van der Waals surface area contributed by atoms with Crippen LogP contribution in [0.3, 0.4) is 0 Å².